The molecule has 0 aromatic heterocycles. The summed E-state index contributed by atoms with van der Waals surface area (Å²) in [6.07, 6.45) is -0.765. The van der Waals surface area contributed by atoms with Gasteiger partial charge in [-0.2, -0.15) is 5.26 Å². The van der Waals surface area contributed by atoms with Crippen LogP contribution in [0.1, 0.15) is 17.2 Å². The topological polar surface area (TPSA) is 96.1 Å². The molecule has 74 valence electrons. The first-order valence-electron chi connectivity index (χ1n) is 3.97. The molecule has 5 heteroatoms. The molecule has 1 aromatic rings. The predicted octanol–water partition coefficient (Wildman–Crippen LogP) is 0.895. The molecule has 4 nitrogen and oxygen atoms in total. The molecular weight excluding hydrogens is 246 g/mol. The van der Waals surface area contributed by atoms with Gasteiger partial charge in [0.2, 0.25) is 0 Å². The van der Waals surface area contributed by atoms with Crippen molar-refractivity contribution in [3.8, 4) is 6.07 Å². The van der Waals surface area contributed by atoms with Crippen molar-refractivity contribution >= 4 is 21.6 Å². The van der Waals surface area contributed by atoms with Gasteiger partial charge in [-0.1, -0.05) is 0 Å². The fraction of sp³-hybridized carbons (Fsp3) is 0.222. The molecular formula is C9H10BrN3O. The van der Waals surface area contributed by atoms with Crippen LogP contribution in [0.2, 0.25) is 0 Å². The lowest BCUT2D eigenvalue weighted by Gasteiger charge is -2.10. The van der Waals surface area contributed by atoms with Gasteiger partial charge in [-0.25, -0.2) is 0 Å². The van der Waals surface area contributed by atoms with Crippen molar-refractivity contribution in [1.29, 1.82) is 5.26 Å². The SMILES string of the molecule is N#Cc1cc(C(O)CN)cc(Br)c1N. The lowest BCUT2D eigenvalue weighted by molar-refractivity contribution is 0.186. The summed E-state index contributed by atoms with van der Waals surface area (Å²) < 4.78 is 0.596. The van der Waals surface area contributed by atoms with Gasteiger partial charge < -0.3 is 16.6 Å². The molecule has 14 heavy (non-hydrogen) atoms. The monoisotopic (exact) mass is 255 g/mol. The Labute approximate surface area is 90.3 Å². The van der Waals surface area contributed by atoms with Crippen LogP contribution in [0.4, 0.5) is 5.69 Å². The first-order chi connectivity index (χ1) is 6.60. The van der Waals surface area contributed by atoms with Gasteiger partial charge in [0.05, 0.1) is 17.4 Å². The Kier molecular flexibility index (Phi) is 3.47. The maximum absolute atomic E-state index is 9.47. The third-order valence-corrected chi connectivity index (χ3v) is 2.54. The fourth-order valence-electron chi connectivity index (χ4n) is 1.06. The van der Waals surface area contributed by atoms with Gasteiger partial charge in [0.1, 0.15) is 6.07 Å². The molecule has 0 radical (unpaired) electrons. The predicted molar refractivity (Wildman–Crippen MR) is 57.3 cm³/mol. The van der Waals surface area contributed by atoms with E-state index in [1.54, 1.807) is 6.07 Å². The van der Waals surface area contributed by atoms with Crippen LogP contribution >= 0.6 is 15.9 Å². The van der Waals surface area contributed by atoms with Gasteiger partial charge in [0.25, 0.3) is 0 Å². The van der Waals surface area contributed by atoms with Crippen LogP contribution in [0, 0.1) is 11.3 Å². The van der Waals surface area contributed by atoms with Gasteiger partial charge in [0.15, 0.2) is 0 Å². The zero-order chi connectivity index (χ0) is 10.7. The summed E-state index contributed by atoms with van der Waals surface area (Å²) in [4.78, 5) is 0. The van der Waals surface area contributed by atoms with E-state index in [9.17, 15) is 5.11 Å². The maximum Gasteiger partial charge on any atom is 0.101 e. The third kappa shape index (κ3) is 2.04. The van der Waals surface area contributed by atoms with Crippen LogP contribution in [0.15, 0.2) is 16.6 Å². The largest absolute Gasteiger partial charge is 0.397 e. The van der Waals surface area contributed by atoms with Gasteiger partial charge >= 0.3 is 0 Å². The van der Waals surface area contributed by atoms with Crippen molar-refractivity contribution in [3.63, 3.8) is 0 Å². The molecule has 5 N–H and O–H groups in total. The number of rotatable bonds is 2. The van der Waals surface area contributed by atoms with Crippen molar-refractivity contribution < 1.29 is 5.11 Å². The molecule has 0 spiro atoms. The number of hydrogen-bond donors (Lipinski definition) is 3. The van der Waals surface area contributed by atoms with Gasteiger partial charge in [-0.15, -0.1) is 0 Å². The molecule has 1 rings (SSSR count). The maximum atomic E-state index is 9.47. The number of anilines is 1. The van der Waals surface area contributed by atoms with Crippen molar-refractivity contribution in [2.24, 2.45) is 5.73 Å². The number of nitrogens with two attached hydrogens (primary N) is 2. The van der Waals surface area contributed by atoms with Crippen LogP contribution in [-0.4, -0.2) is 11.7 Å². The number of nitriles is 1. The zero-order valence-electron chi connectivity index (χ0n) is 7.37. The highest BCUT2D eigenvalue weighted by Gasteiger charge is 2.10. The van der Waals surface area contributed by atoms with Crippen LogP contribution < -0.4 is 11.5 Å². The van der Waals surface area contributed by atoms with Crippen LogP contribution in [-0.2, 0) is 0 Å². The molecule has 1 aromatic carbocycles. The highest BCUT2D eigenvalue weighted by atomic mass is 79.9. The molecule has 0 aliphatic carbocycles. The van der Waals surface area contributed by atoms with Crippen molar-refractivity contribution in [3.05, 3.63) is 27.7 Å². The normalized spacial score (nSPS) is 12.1. The van der Waals surface area contributed by atoms with E-state index < -0.39 is 6.10 Å². The summed E-state index contributed by atoms with van der Waals surface area (Å²) in [7, 11) is 0. The molecule has 0 heterocycles. The fourth-order valence-corrected chi connectivity index (χ4v) is 1.54. The molecule has 1 unspecified atom stereocenters. The van der Waals surface area contributed by atoms with Crippen LogP contribution in [0.25, 0.3) is 0 Å². The van der Waals surface area contributed by atoms with E-state index in [1.165, 1.54) is 6.07 Å². The highest BCUT2D eigenvalue weighted by molar-refractivity contribution is 9.10. The molecule has 0 saturated heterocycles. The summed E-state index contributed by atoms with van der Waals surface area (Å²) in [5.74, 6) is 0. The van der Waals surface area contributed by atoms with Crippen molar-refractivity contribution in [1.82, 2.24) is 0 Å². The van der Waals surface area contributed by atoms with Crippen molar-refractivity contribution in [2.75, 3.05) is 12.3 Å². The smallest absolute Gasteiger partial charge is 0.101 e. The molecule has 0 aliphatic rings. The average molecular weight is 256 g/mol. The Bertz CT molecular complexity index is 386. The van der Waals surface area contributed by atoms with E-state index in [1.807, 2.05) is 6.07 Å². The van der Waals surface area contributed by atoms with Crippen LogP contribution in [0.3, 0.4) is 0 Å². The number of aliphatic hydroxyl groups is 1. The Morgan fingerprint density at radius 2 is 2.21 bits per heavy atom. The second kappa shape index (κ2) is 4.42. The number of halogens is 1. The van der Waals surface area contributed by atoms with E-state index in [-0.39, 0.29) is 6.54 Å². The number of hydrogen-bond acceptors (Lipinski definition) is 4. The molecule has 0 amide bonds. The minimum atomic E-state index is -0.765. The number of nitrogens with zero attached hydrogens (tertiary/aromatic N) is 1. The first kappa shape index (κ1) is 11.0. The quantitative estimate of drug-likeness (QED) is 0.685. The van der Waals surface area contributed by atoms with Gasteiger partial charge in [-0.05, 0) is 33.6 Å². The van der Waals surface area contributed by atoms with E-state index in [4.69, 9.17) is 16.7 Å². The third-order valence-electron chi connectivity index (χ3n) is 1.88. The Morgan fingerprint density at radius 1 is 1.57 bits per heavy atom. The molecule has 0 fully saturated rings. The lowest BCUT2D eigenvalue weighted by atomic mass is 10.1. The van der Waals surface area contributed by atoms with Gasteiger partial charge in [-0.3, -0.25) is 0 Å². The Balaban J connectivity index is 3.24. The zero-order valence-corrected chi connectivity index (χ0v) is 8.95. The van der Waals surface area contributed by atoms with E-state index >= 15 is 0 Å². The second-order valence-electron chi connectivity index (χ2n) is 2.83. The summed E-state index contributed by atoms with van der Waals surface area (Å²) >= 11 is 3.21. The first-order valence-corrected chi connectivity index (χ1v) is 4.76. The summed E-state index contributed by atoms with van der Waals surface area (Å²) in [5, 5.41) is 18.2. The van der Waals surface area contributed by atoms with Gasteiger partial charge in [0, 0.05) is 11.0 Å². The Morgan fingerprint density at radius 3 is 2.71 bits per heavy atom. The van der Waals surface area contributed by atoms with Crippen LogP contribution in [0.5, 0.6) is 0 Å². The molecule has 0 saturated carbocycles. The minimum Gasteiger partial charge on any atom is -0.397 e. The minimum absolute atomic E-state index is 0.112. The number of benzene rings is 1. The average Bonchev–Trinajstić information content (AvgIpc) is 2.20. The van der Waals surface area contributed by atoms with E-state index in [0.717, 1.165) is 0 Å². The number of aliphatic hydroxyl groups excluding tert-OH is 1. The summed E-state index contributed by atoms with van der Waals surface area (Å²) in [6.45, 7) is 0.112. The molecule has 0 aliphatic heterocycles. The number of nitrogen functional groups attached to an aromatic ring is 1. The summed E-state index contributed by atoms with van der Waals surface area (Å²) in [6, 6.07) is 5.15. The lowest BCUT2D eigenvalue weighted by Crippen LogP contribution is -2.12. The highest BCUT2D eigenvalue weighted by Crippen LogP contribution is 2.27. The Hall–Kier alpha value is -1.09. The van der Waals surface area contributed by atoms with Crippen molar-refractivity contribution in [2.45, 2.75) is 6.10 Å². The molecule has 0 bridgehead atoms. The van der Waals surface area contributed by atoms with E-state index in [0.29, 0.717) is 21.3 Å². The van der Waals surface area contributed by atoms with E-state index in [2.05, 4.69) is 15.9 Å². The standard InChI is InChI=1S/C9H10BrN3O/c10-7-2-5(8(14)4-12)1-6(3-11)9(7)13/h1-2,8,14H,4,12-13H2. The molecule has 1 atom stereocenters. The summed E-state index contributed by atoms with van der Waals surface area (Å²) in [5.41, 5.74) is 12.2. The second-order valence-corrected chi connectivity index (χ2v) is 3.68.